The van der Waals surface area contributed by atoms with Crippen molar-refractivity contribution in [2.24, 2.45) is 0 Å². The lowest BCUT2D eigenvalue weighted by Crippen LogP contribution is -2.34. The highest BCUT2D eigenvalue weighted by Gasteiger charge is 2.33. The number of ether oxygens (including phenoxy) is 2. The van der Waals surface area contributed by atoms with Gasteiger partial charge in [0, 0.05) is 0 Å². The highest BCUT2D eigenvalue weighted by Crippen LogP contribution is 2.34. The summed E-state index contributed by atoms with van der Waals surface area (Å²) in [6.07, 6.45) is 1.60. The van der Waals surface area contributed by atoms with Crippen LogP contribution in [0.15, 0.2) is 23.1 Å². The lowest BCUT2D eigenvalue weighted by atomic mass is 10.2. The third-order valence-electron chi connectivity index (χ3n) is 2.97. The summed E-state index contributed by atoms with van der Waals surface area (Å²) in [5.74, 6) is -0.546. The maximum atomic E-state index is 12.3. The second kappa shape index (κ2) is 7.47. The van der Waals surface area contributed by atoms with E-state index in [0.29, 0.717) is 20.5 Å². The Balaban J connectivity index is 2.18. The molecule has 0 spiro atoms. The molecule has 122 valence electrons. The number of benzene rings is 1. The predicted molar refractivity (Wildman–Crippen MR) is 91.2 cm³/mol. The molecule has 1 aromatic rings. The molecule has 1 aliphatic heterocycles. The number of aromatic hydroxyl groups is 1. The van der Waals surface area contributed by atoms with Gasteiger partial charge in [-0.2, -0.15) is 0 Å². The number of phenolic OH excluding ortho intramolecular Hbond substituents is 1. The number of thioether (sulfide) groups is 1. The van der Waals surface area contributed by atoms with Crippen LogP contribution in [0.4, 0.5) is 0 Å². The van der Waals surface area contributed by atoms with E-state index < -0.39 is 5.97 Å². The first-order chi connectivity index (χ1) is 11.0. The number of rotatable bonds is 5. The van der Waals surface area contributed by atoms with Crippen molar-refractivity contribution in [2.75, 3.05) is 20.3 Å². The van der Waals surface area contributed by atoms with Gasteiger partial charge in [-0.05, 0) is 30.7 Å². The van der Waals surface area contributed by atoms with E-state index in [1.165, 1.54) is 18.1 Å². The highest BCUT2D eigenvalue weighted by molar-refractivity contribution is 8.26. The van der Waals surface area contributed by atoms with Crippen LogP contribution in [0.3, 0.4) is 0 Å². The molecule has 6 nitrogen and oxygen atoms in total. The van der Waals surface area contributed by atoms with Gasteiger partial charge in [-0.1, -0.05) is 30.0 Å². The molecule has 1 saturated heterocycles. The van der Waals surface area contributed by atoms with Crippen LogP contribution in [-0.2, 0) is 14.3 Å². The summed E-state index contributed by atoms with van der Waals surface area (Å²) in [7, 11) is 1.45. The standard InChI is InChI=1S/C15H15NO5S2/c1-3-21-13(18)8-16-14(19)12(23-15(16)22)7-9-4-5-11(20-2)10(17)6-9/h4-7,17H,3,8H2,1-2H3. The average molecular weight is 353 g/mol. The van der Waals surface area contributed by atoms with Crippen molar-refractivity contribution in [2.45, 2.75) is 6.92 Å². The average Bonchev–Trinajstić information content (AvgIpc) is 2.75. The summed E-state index contributed by atoms with van der Waals surface area (Å²) in [4.78, 5) is 25.4. The second-order valence-electron chi connectivity index (χ2n) is 4.50. The first-order valence-corrected chi connectivity index (χ1v) is 7.96. The number of hydrogen-bond acceptors (Lipinski definition) is 7. The van der Waals surface area contributed by atoms with Crippen LogP contribution in [0.5, 0.6) is 11.5 Å². The Morgan fingerprint density at radius 3 is 2.83 bits per heavy atom. The van der Waals surface area contributed by atoms with Crippen LogP contribution in [0.2, 0.25) is 0 Å². The van der Waals surface area contributed by atoms with E-state index in [2.05, 4.69) is 0 Å². The molecule has 1 aromatic carbocycles. The Morgan fingerprint density at radius 2 is 2.22 bits per heavy atom. The van der Waals surface area contributed by atoms with Gasteiger partial charge in [0.2, 0.25) is 0 Å². The molecular formula is C15H15NO5S2. The van der Waals surface area contributed by atoms with Gasteiger partial charge < -0.3 is 14.6 Å². The van der Waals surface area contributed by atoms with Crippen molar-refractivity contribution >= 4 is 46.3 Å². The van der Waals surface area contributed by atoms with Crippen LogP contribution >= 0.6 is 24.0 Å². The molecule has 2 rings (SSSR count). The zero-order valence-electron chi connectivity index (χ0n) is 12.6. The van der Waals surface area contributed by atoms with Crippen LogP contribution in [-0.4, -0.2) is 46.5 Å². The van der Waals surface area contributed by atoms with Gasteiger partial charge in [0.05, 0.1) is 18.6 Å². The zero-order chi connectivity index (χ0) is 17.0. The van der Waals surface area contributed by atoms with Crippen LogP contribution in [0.1, 0.15) is 12.5 Å². The second-order valence-corrected chi connectivity index (χ2v) is 6.18. The van der Waals surface area contributed by atoms with Crippen LogP contribution in [0.25, 0.3) is 6.08 Å². The lowest BCUT2D eigenvalue weighted by molar-refractivity contribution is -0.145. The number of phenols is 1. The van der Waals surface area contributed by atoms with E-state index in [1.54, 1.807) is 25.1 Å². The molecular weight excluding hydrogens is 338 g/mol. The Labute approximate surface area is 143 Å². The van der Waals surface area contributed by atoms with Crippen molar-refractivity contribution in [1.29, 1.82) is 0 Å². The smallest absolute Gasteiger partial charge is 0.326 e. The minimum absolute atomic E-state index is 0.0248. The summed E-state index contributed by atoms with van der Waals surface area (Å²) in [6, 6.07) is 4.79. The van der Waals surface area contributed by atoms with E-state index >= 15 is 0 Å². The molecule has 0 atom stereocenters. The third-order valence-corrected chi connectivity index (χ3v) is 4.34. The monoisotopic (exact) mass is 353 g/mol. The van der Waals surface area contributed by atoms with Gasteiger partial charge in [0.1, 0.15) is 10.9 Å². The fourth-order valence-corrected chi connectivity index (χ4v) is 3.18. The Kier molecular flexibility index (Phi) is 5.62. The summed E-state index contributed by atoms with van der Waals surface area (Å²) < 4.78 is 10.1. The number of hydrogen-bond donors (Lipinski definition) is 1. The summed E-state index contributed by atoms with van der Waals surface area (Å²) >= 11 is 6.23. The maximum absolute atomic E-state index is 12.3. The van der Waals surface area contributed by atoms with Crippen molar-refractivity contribution in [1.82, 2.24) is 4.90 Å². The number of amides is 1. The van der Waals surface area contributed by atoms with Gasteiger partial charge in [0.25, 0.3) is 5.91 Å². The highest BCUT2D eigenvalue weighted by atomic mass is 32.2. The van der Waals surface area contributed by atoms with Crippen molar-refractivity contribution in [3.63, 3.8) is 0 Å². The van der Waals surface area contributed by atoms with E-state index in [0.717, 1.165) is 11.8 Å². The largest absolute Gasteiger partial charge is 0.504 e. The molecule has 23 heavy (non-hydrogen) atoms. The quantitative estimate of drug-likeness (QED) is 0.494. The topological polar surface area (TPSA) is 76.1 Å². The number of esters is 1. The Hall–Kier alpha value is -2.06. The number of carbonyl (C=O) groups excluding carboxylic acids is 2. The van der Waals surface area contributed by atoms with E-state index in [9.17, 15) is 14.7 Å². The van der Waals surface area contributed by atoms with Crippen molar-refractivity contribution in [3.05, 3.63) is 28.7 Å². The first kappa shape index (κ1) is 17.3. The third kappa shape index (κ3) is 4.02. The molecule has 0 aromatic heterocycles. The van der Waals surface area contributed by atoms with E-state index in [-0.39, 0.29) is 24.8 Å². The number of nitrogens with zero attached hydrogens (tertiary/aromatic N) is 1. The van der Waals surface area contributed by atoms with Gasteiger partial charge in [-0.15, -0.1) is 0 Å². The molecule has 0 aliphatic carbocycles. The molecule has 0 unspecified atom stereocenters. The molecule has 8 heteroatoms. The van der Waals surface area contributed by atoms with Gasteiger partial charge in [-0.3, -0.25) is 14.5 Å². The van der Waals surface area contributed by atoms with E-state index in [4.69, 9.17) is 21.7 Å². The minimum atomic E-state index is -0.507. The SMILES string of the molecule is CCOC(=O)CN1C(=O)C(=Cc2ccc(OC)c(O)c2)SC1=S. The normalized spacial score (nSPS) is 16.1. The van der Waals surface area contributed by atoms with Crippen molar-refractivity contribution < 1.29 is 24.2 Å². The molecule has 0 bridgehead atoms. The Morgan fingerprint density at radius 1 is 1.48 bits per heavy atom. The van der Waals surface area contributed by atoms with Gasteiger partial charge in [0.15, 0.2) is 11.5 Å². The zero-order valence-corrected chi connectivity index (χ0v) is 14.2. The number of carbonyl (C=O) groups is 2. The fourth-order valence-electron chi connectivity index (χ4n) is 1.92. The molecule has 1 heterocycles. The molecule has 1 aliphatic rings. The molecule has 0 saturated carbocycles. The van der Waals surface area contributed by atoms with Crippen LogP contribution < -0.4 is 4.74 Å². The van der Waals surface area contributed by atoms with Crippen LogP contribution in [0, 0.1) is 0 Å². The lowest BCUT2D eigenvalue weighted by Gasteiger charge is -2.12. The summed E-state index contributed by atoms with van der Waals surface area (Å²) in [5, 5.41) is 9.77. The molecule has 1 fully saturated rings. The summed E-state index contributed by atoms with van der Waals surface area (Å²) in [6.45, 7) is 1.73. The molecule has 1 amide bonds. The molecule has 0 radical (unpaired) electrons. The Bertz CT molecular complexity index is 686. The van der Waals surface area contributed by atoms with E-state index in [1.807, 2.05) is 0 Å². The molecule has 1 N–H and O–H groups in total. The first-order valence-electron chi connectivity index (χ1n) is 6.74. The van der Waals surface area contributed by atoms with Crippen molar-refractivity contribution in [3.8, 4) is 11.5 Å². The minimum Gasteiger partial charge on any atom is -0.504 e. The fraction of sp³-hybridized carbons (Fsp3) is 0.267. The summed E-state index contributed by atoms with van der Waals surface area (Å²) in [5.41, 5.74) is 0.625. The van der Waals surface area contributed by atoms with Gasteiger partial charge >= 0.3 is 5.97 Å². The van der Waals surface area contributed by atoms with Gasteiger partial charge in [-0.25, -0.2) is 0 Å². The maximum Gasteiger partial charge on any atom is 0.326 e. The number of thiocarbonyl (C=S) groups is 1. The predicted octanol–water partition coefficient (Wildman–Crippen LogP) is 2.17. The number of methoxy groups -OCH3 is 1.